The van der Waals surface area contributed by atoms with Crippen LogP contribution in [0.4, 0.5) is 17.3 Å². The molecule has 0 spiro atoms. The summed E-state index contributed by atoms with van der Waals surface area (Å²) in [4.78, 5) is 21.4. The maximum absolute atomic E-state index is 12.7. The van der Waals surface area contributed by atoms with Crippen molar-refractivity contribution in [3.63, 3.8) is 0 Å². The molecule has 29 heavy (non-hydrogen) atoms. The molecule has 0 aliphatic carbocycles. The second-order valence-electron chi connectivity index (χ2n) is 6.07. The Bertz CT molecular complexity index is 1020. The van der Waals surface area contributed by atoms with Gasteiger partial charge in [0, 0.05) is 17.4 Å². The average molecular weight is 394 g/mol. The van der Waals surface area contributed by atoms with E-state index in [9.17, 15) is 4.79 Å². The highest BCUT2D eigenvalue weighted by atomic mass is 16.5. The topological polar surface area (TPSA) is 94.6 Å². The van der Waals surface area contributed by atoms with E-state index in [1.165, 1.54) is 7.11 Å². The summed E-state index contributed by atoms with van der Waals surface area (Å²) in [5, 5.41) is 5.90. The Kier molecular flexibility index (Phi) is 6.13. The van der Waals surface area contributed by atoms with Crippen molar-refractivity contribution in [1.29, 1.82) is 0 Å². The standard InChI is InChI=1S/C21H22N4O4/c1-13-11-16(20(26)23-14-9-10-18(28-3)19(12-14)29-4)25-21(22-13)24-15-7-5-6-8-17(15)27-2/h5-12H,1-4H3,(H,23,26)(H,22,24,25). The van der Waals surface area contributed by atoms with Gasteiger partial charge in [0.1, 0.15) is 11.4 Å². The van der Waals surface area contributed by atoms with E-state index in [0.29, 0.717) is 40.3 Å². The number of amides is 1. The highest BCUT2D eigenvalue weighted by Gasteiger charge is 2.14. The highest BCUT2D eigenvalue weighted by molar-refractivity contribution is 6.03. The molecular weight excluding hydrogens is 372 g/mol. The molecule has 8 nitrogen and oxygen atoms in total. The number of methoxy groups -OCH3 is 3. The molecule has 0 saturated heterocycles. The van der Waals surface area contributed by atoms with Crippen LogP contribution in [-0.4, -0.2) is 37.2 Å². The van der Waals surface area contributed by atoms with E-state index in [2.05, 4.69) is 20.6 Å². The van der Waals surface area contributed by atoms with Gasteiger partial charge in [-0.15, -0.1) is 0 Å². The Morgan fingerprint density at radius 2 is 1.59 bits per heavy atom. The Hall–Kier alpha value is -3.81. The molecule has 1 aromatic heterocycles. The van der Waals surface area contributed by atoms with Crippen LogP contribution in [-0.2, 0) is 0 Å². The quantitative estimate of drug-likeness (QED) is 0.629. The first-order valence-electron chi connectivity index (χ1n) is 8.83. The summed E-state index contributed by atoms with van der Waals surface area (Å²) in [6.45, 7) is 1.79. The van der Waals surface area contributed by atoms with Crippen molar-refractivity contribution in [2.45, 2.75) is 6.92 Å². The minimum Gasteiger partial charge on any atom is -0.495 e. The molecule has 0 bridgehead atoms. The summed E-state index contributed by atoms with van der Waals surface area (Å²) < 4.78 is 15.8. The summed E-state index contributed by atoms with van der Waals surface area (Å²) in [5.41, 5.74) is 2.13. The van der Waals surface area contributed by atoms with Gasteiger partial charge < -0.3 is 24.8 Å². The van der Waals surface area contributed by atoms with Crippen LogP contribution >= 0.6 is 0 Å². The van der Waals surface area contributed by atoms with Crippen LogP contribution in [0.1, 0.15) is 16.2 Å². The minimum absolute atomic E-state index is 0.227. The number of rotatable bonds is 7. The van der Waals surface area contributed by atoms with Gasteiger partial charge in [0.15, 0.2) is 11.5 Å². The van der Waals surface area contributed by atoms with Crippen LogP contribution in [0.25, 0.3) is 0 Å². The number of aromatic nitrogens is 2. The zero-order valence-electron chi connectivity index (χ0n) is 16.6. The molecule has 0 unspecified atom stereocenters. The molecule has 3 rings (SSSR count). The lowest BCUT2D eigenvalue weighted by Gasteiger charge is -2.12. The second kappa shape index (κ2) is 8.92. The number of ether oxygens (including phenoxy) is 3. The van der Waals surface area contributed by atoms with Gasteiger partial charge in [0.25, 0.3) is 5.91 Å². The van der Waals surface area contributed by atoms with E-state index < -0.39 is 0 Å². The van der Waals surface area contributed by atoms with Crippen molar-refractivity contribution in [2.75, 3.05) is 32.0 Å². The molecule has 1 amide bonds. The molecule has 150 valence electrons. The van der Waals surface area contributed by atoms with Crippen LogP contribution in [0.3, 0.4) is 0 Å². The van der Waals surface area contributed by atoms with Crippen LogP contribution < -0.4 is 24.8 Å². The molecule has 3 aromatic rings. The smallest absolute Gasteiger partial charge is 0.274 e. The van der Waals surface area contributed by atoms with Gasteiger partial charge in [-0.2, -0.15) is 0 Å². The van der Waals surface area contributed by atoms with Gasteiger partial charge in [0.2, 0.25) is 5.95 Å². The van der Waals surface area contributed by atoms with Crippen LogP contribution in [0.5, 0.6) is 17.2 Å². The number of para-hydroxylation sites is 2. The number of aryl methyl sites for hydroxylation is 1. The van der Waals surface area contributed by atoms with Crippen LogP contribution in [0.2, 0.25) is 0 Å². The predicted octanol–water partition coefficient (Wildman–Crippen LogP) is 3.81. The normalized spacial score (nSPS) is 10.2. The largest absolute Gasteiger partial charge is 0.495 e. The number of carbonyl (C=O) groups excluding carboxylic acids is 1. The first-order chi connectivity index (χ1) is 14.0. The third-order valence-corrected chi connectivity index (χ3v) is 4.08. The Morgan fingerprint density at radius 3 is 2.31 bits per heavy atom. The Labute approximate surface area is 168 Å². The van der Waals surface area contributed by atoms with E-state index in [1.54, 1.807) is 45.4 Å². The first kappa shape index (κ1) is 19.9. The minimum atomic E-state index is -0.370. The Morgan fingerprint density at radius 1 is 0.862 bits per heavy atom. The predicted molar refractivity (Wildman–Crippen MR) is 111 cm³/mol. The lowest BCUT2D eigenvalue weighted by atomic mass is 10.2. The number of nitrogens with zero attached hydrogens (tertiary/aromatic N) is 2. The van der Waals surface area contributed by atoms with Crippen molar-refractivity contribution < 1.29 is 19.0 Å². The zero-order valence-corrected chi connectivity index (χ0v) is 16.6. The highest BCUT2D eigenvalue weighted by Crippen LogP contribution is 2.30. The summed E-state index contributed by atoms with van der Waals surface area (Å²) in [6, 6.07) is 14.1. The van der Waals surface area contributed by atoms with E-state index in [4.69, 9.17) is 14.2 Å². The molecule has 0 aliphatic rings. The lowest BCUT2D eigenvalue weighted by molar-refractivity contribution is 0.102. The summed E-state index contributed by atoms with van der Waals surface area (Å²) in [5.74, 6) is 1.67. The molecule has 0 saturated carbocycles. The molecule has 0 fully saturated rings. The summed E-state index contributed by atoms with van der Waals surface area (Å²) in [7, 11) is 4.67. The number of anilines is 3. The molecule has 0 aliphatic heterocycles. The maximum atomic E-state index is 12.7. The van der Waals surface area contributed by atoms with Gasteiger partial charge >= 0.3 is 0 Å². The van der Waals surface area contributed by atoms with E-state index >= 15 is 0 Å². The SMILES string of the molecule is COc1ccccc1Nc1nc(C)cc(C(=O)Nc2ccc(OC)c(OC)c2)n1. The second-order valence-corrected chi connectivity index (χ2v) is 6.07. The van der Waals surface area contributed by atoms with Gasteiger partial charge in [-0.05, 0) is 37.3 Å². The third-order valence-electron chi connectivity index (χ3n) is 4.08. The fourth-order valence-corrected chi connectivity index (χ4v) is 2.72. The van der Waals surface area contributed by atoms with Gasteiger partial charge in [-0.3, -0.25) is 4.79 Å². The fraction of sp³-hybridized carbons (Fsp3) is 0.190. The molecule has 1 heterocycles. The third kappa shape index (κ3) is 4.73. The van der Waals surface area contributed by atoms with Crippen molar-refractivity contribution in [3.8, 4) is 17.2 Å². The molecule has 0 atom stereocenters. The zero-order chi connectivity index (χ0) is 20.8. The monoisotopic (exact) mass is 394 g/mol. The number of benzene rings is 2. The average Bonchev–Trinajstić information content (AvgIpc) is 2.73. The number of carbonyl (C=O) groups is 1. The number of hydrogen-bond donors (Lipinski definition) is 2. The van der Waals surface area contributed by atoms with Crippen molar-refractivity contribution in [2.24, 2.45) is 0 Å². The Balaban J connectivity index is 1.83. The van der Waals surface area contributed by atoms with E-state index in [0.717, 1.165) is 0 Å². The number of hydrogen-bond acceptors (Lipinski definition) is 7. The fourth-order valence-electron chi connectivity index (χ4n) is 2.72. The van der Waals surface area contributed by atoms with Crippen LogP contribution in [0.15, 0.2) is 48.5 Å². The first-order valence-corrected chi connectivity index (χ1v) is 8.83. The van der Waals surface area contributed by atoms with Crippen LogP contribution in [0, 0.1) is 6.92 Å². The van der Waals surface area contributed by atoms with Crippen molar-refractivity contribution >= 4 is 23.2 Å². The van der Waals surface area contributed by atoms with Gasteiger partial charge in [0.05, 0.1) is 27.0 Å². The van der Waals surface area contributed by atoms with Crippen molar-refractivity contribution in [1.82, 2.24) is 9.97 Å². The molecular formula is C21H22N4O4. The lowest BCUT2D eigenvalue weighted by Crippen LogP contribution is -2.15. The summed E-state index contributed by atoms with van der Waals surface area (Å²) in [6.07, 6.45) is 0. The van der Waals surface area contributed by atoms with Crippen molar-refractivity contribution in [3.05, 3.63) is 59.9 Å². The maximum Gasteiger partial charge on any atom is 0.274 e. The number of nitrogens with one attached hydrogen (secondary N) is 2. The molecule has 2 N–H and O–H groups in total. The van der Waals surface area contributed by atoms with E-state index in [-0.39, 0.29) is 11.6 Å². The van der Waals surface area contributed by atoms with Gasteiger partial charge in [-0.1, -0.05) is 12.1 Å². The van der Waals surface area contributed by atoms with E-state index in [1.807, 2.05) is 24.3 Å². The molecule has 2 aromatic carbocycles. The molecule has 0 radical (unpaired) electrons. The molecule has 8 heteroatoms. The van der Waals surface area contributed by atoms with Gasteiger partial charge in [-0.25, -0.2) is 9.97 Å². The summed E-state index contributed by atoms with van der Waals surface area (Å²) >= 11 is 0.